The third-order valence-electron chi connectivity index (χ3n) is 2.93. The second-order valence-electron chi connectivity index (χ2n) is 4.64. The summed E-state index contributed by atoms with van der Waals surface area (Å²) in [5, 5.41) is 12.5. The van der Waals surface area contributed by atoms with Gasteiger partial charge in [0.2, 0.25) is 0 Å². The van der Waals surface area contributed by atoms with Gasteiger partial charge in [-0.05, 0) is 24.8 Å². The standard InChI is InChI=1S/C15H20N4O/c1-2-10-16-15(20)17-14-11-13(18-19-14)9-8-12-6-4-3-5-7-12/h3-7,11H,2,8-10H2,1H3,(H3,16,17,18,19,20). The third-order valence-corrected chi connectivity index (χ3v) is 2.93. The molecule has 0 fully saturated rings. The lowest BCUT2D eigenvalue weighted by Crippen LogP contribution is -2.29. The number of carbonyl (C=O) groups is 1. The van der Waals surface area contributed by atoms with Gasteiger partial charge in [-0.25, -0.2) is 4.79 Å². The Balaban J connectivity index is 1.81. The van der Waals surface area contributed by atoms with Crippen molar-refractivity contribution in [1.29, 1.82) is 0 Å². The molecule has 20 heavy (non-hydrogen) atoms. The van der Waals surface area contributed by atoms with E-state index in [4.69, 9.17) is 0 Å². The van der Waals surface area contributed by atoms with Gasteiger partial charge in [0, 0.05) is 12.6 Å². The van der Waals surface area contributed by atoms with Gasteiger partial charge in [0.1, 0.15) is 5.82 Å². The molecule has 2 aromatic rings. The van der Waals surface area contributed by atoms with E-state index >= 15 is 0 Å². The van der Waals surface area contributed by atoms with Gasteiger partial charge in [-0.15, -0.1) is 0 Å². The van der Waals surface area contributed by atoms with Crippen molar-refractivity contribution in [2.45, 2.75) is 26.2 Å². The fraction of sp³-hybridized carbons (Fsp3) is 0.333. The van der Waals surface area contributed by atoms with Gasteiger partial charge >= 0.3 is 6.03 Å². The number of aromatic amines is 1. The minimum atomic E-state index is -0.204. The Bertz CT molecular complexity index is 536. The highest BCUT2D eigenvalue weighted by atomic mass is 16.2. The number of anilines is 1. The van der Waals surface area contributed by atoms with E-state index in [2.05, 4.69) is 33.0 Å². The van der Waals surface area contributed by atoms with E-state index in [9.17, 15) is 4.79 Å². The van der Waals surface area contributed by atoms with Crippen LogP contribution >= 0.6 is 0 Å². The van der Waals surface area contributed by atoms with Crippen molar-refractivity contribution in [2.24, 2.45) is 0 Å². The van der Waals surface area contributed by atoms with Crippen LogP contribution in [-0.2, 0) is 12.8 Å². The summed E-state index contributed by atoms with van der Waals surface area (Å²) < 4.78 is 0. The van der Waals surface area contributed by atoms with Gasteiger partial charge in [-0.3, -0.25) is 10.4 Å². The number of benzene rings is 1. The maximum Gasteiger partial charge on any atom is 0.320 e. The number of aryl methyl sites for hydroxylation is 2. The summed E-state index contributed by atoms with van der Waals surface area (Å²) in [6.07, 6.45) is 2.70. The molecule has 5 heteroatoms. The van der Waals surface area contributed by atoms with Crippen LogP contribution in [0.1, 0.15) is 24.6 Å². The van der Waals surface area contributed by atoms with Crippen LogP contribution in [-0.4, -0.2) is 22.8 Å². The van der Waals surface area contributed by atoms with E-state index in [0.29, 0.717) is 12.4 Å². The highest BCUT2D eigenvalue weighted by Gasteiger charge is 2.05. The summed E-state index contributed by atoms with van der Waals surface area (Å²) in [6.45, 7) is 2.68. The molecule has 0 saturated heterocycles. The topological polar surface area (TPSA) is 69.8 Å². The number of rotatable bonds is 6. The van der Waals surface area contributed by atoms with Gasteiger partial charge < -0.3 is 5.32 Å². The van der Waals surface area contributed by atoms with Crippen LogP contribution < -0.4 is 10.6 Å². The SMILES string of the molecule is CCCNC(=O)Nc1cc(CCc2ccccc2)n[nH]1. The molecule has 3 N–H and O–H groups in total. The fourth-order valence-electron chi connectivity index (χ4n) is 1.88. The summed E-state index contributed by atoms with van der Waals surface area (Å²) >= 11 is 0. The van der Waals surface area contributed by atoms with E-state index in [-0.39, 0.29) is 6.03 Å². The molecular weight excluding hydrogens is 252 g/mol. The quantitative estimate of drug-likeness (QED) is 0.756. The van der Waals surface area contributed by atoms with Crippen LogP contribution in [0.2, 0.25) is 0 Å². The number of nitrogens with zero attached hydrogens (tertiary/aromatic N) is 1. The summed E-state index contributed by atoms with van der Waals surface area (Å²) in [6, 6.07) is 11.9. The number of amides is 2. The maximum atomic E-state index is 11.5. The van der Waals surface area contributed by atoms with Crippen LogP contribution in [0.3, 0.4) is 0 Å². The van der Waals surface area contributed by atoms with E-state index < -0.39 is 0 Å². The molecule has 5 nitrogen and oxygen atoms in total. The number of aromatic nitrogens is 2. The molecule has 0 unspecified atom stereocenters. The first-order valence-electron chi connectivity index (χ1n) is 6.91. The Kier molecular flexibility index (Phi) is 5.17. The molecule has 0 spiro atoms. The molecule has 0 aliphatic heterocycles. The lowest BCUT2D eigenvalue weighted by Gasteiger charge is -2.03. The van der Waals surface area contributed by atoms with Crippen LogP contribution in [0.15, 0.2) is 36.4 Å². The summed E-state index contributed by atoms with van der Waals surface area (Å²) in [7, 11) is 0. The lowest BCUT2D eigenvalue weighted by atomic mass is 10.1. The van der Waals surface area contributed by atoms with Crippen molar-refractivity contribution in [3.05, 3.63) is 47.7 Å². The molecule has 0 bridgehead atoms. The summed E-state index contributed by atoms with van der Waals surface area (Å²) in [5.74, 6) is 0.627. The highest BCUT2D eigenvalue weighted by Crippen LogP contribution is 2.09. The van der Waals surface area contributed by atoms with Crippen molar-refractivity contribution in [2.75, 3.05) is 11.9 Å². The Morgan fingerprint density at radius 2 is 2.05 bits per heavy atom. The van der Waals surface area contributed by atoms with E-state index in [1.165, 1.54) is 5.56 Å². The van der Waals surface area contributed by atoms with Crippen molar-refractivity contribution < 1.29 is 4.79 Å². The second-order valence-corrected chi connectivity index (χ2v) is 4.64. The normalized spacial score (nSPS) is 10.2. The average Bonchev–Trinajstić information content (AvgIpc) is 2.91. The number of hydrogen-bond acceptors (Lipinski definition) is 2. The van der Waals surface area contributed by atoms with Gasteiger partial charge in [0.15, 0.2) is 0 Å². The minimum absolute atomic E-state index is 0.204. The number of urea groups is 1. The summed E-state index contributed by atoms with van der Waals surface area (Å²) in [5.41, 5.74) is 2.23. The van der Waals surface area contributed by atoms with Crippen LogP contribution in [0.4, 0.5) is 10.6 Å². The van der Waals surface area contributed by atoms with E-state index in [1.807, 2.05) is 31.2 Å². The summed E-state index contributed by atoms with van der Waals surface area (Å²) in [4.78, 5) is 11.5. The molecule has 0 saturated carbocycles. The zero-order chi connectivity index (χ0) is 14.2. The van der Waals surface area contributed by atoms with Crippen molar-refractivity contribution in [3.8, 4) is 0 Å². The molecule has 2 rings (SSSR count). The molecule has 1 aromatic carbocycles. The van der Waals surface area contributed by atoms with Gasteiger partial charge in [0.05, 0.1) is 5.69 Å². The van der Waals surface area contributed by atoms with Crippen LogP contribution in [0.5, 0.6) is 0 Å². The largest absolute Gasteiger partial charge is 0.338 e. The van der Waals surface area contributed by atoms with Crippen molar-refractivity contribution in [1.82, 2.24) is 15.5 Å². The first-order chi connectivity index (χ1) is 9.78. The minimum Gasteiger partial charge on any atom is -0.338 e. The molecule has 0 aliphatic carbocycles. The molecule has 0 atom stereocenters. The number of nitrogens with one attached hydrogen (secondary N) is 3. The van der Waals surface area contributed by atoms with E-state index in [1.54, 1.807) is 0 Å². The van der Waals surface area contributed by atoms with Gasteiger partial charge in [-0.2, -0.15) is 5.10 Å². The van der Waals surface area contributed by atoms with Gasteiger partial charge in [0.25, 0.3) is 0 Å². The average molecular weight is 272 g/mol. The molecule has 0 aliphatic rings. The van der Waals surface area contributed by atoms with Crippen molar-refractivity contribution in [3.63, 3.8) is 0 Å². The Labute approximate surface area is 118 Å². The lowest BCUT2D eigenvalue weighted by molar-refractivity contribution is 0.252. The zero-order valence-corrected chi connectivity index (χ0v) is 11.6. The number of carbonyl (C=O) groups excluding carboxylic acids is 1. The fourth-order valence-corrected chi connectivity index (χ4v) is 1.88. The van der Waals surface area contributed by atoms with Crippen LogP contribution in [0, 0.1) is 0 Å². The Hall–Kier alpha value is -2.30. The Morgan fingerprint density at radius 1 is 1.25 bits per heavy atom. The number of hydrogen-bond donors (Lipinski definition) is 3. The second kappa shape index (κ2) is 7.33. The van der Waals surface area contributed by atoms with Crippen molar-refractivity contribution >= 4 is 11.8 Å². The van der Waals surface area contributed by atoms with E-state index in [0.717, 1.165) is 25.0 Å². The zero-order valence-electron chi connectivity index (χ0n) is 11.6. The predicted molar refractivity (Wildman–Crippen MR) is 79.8 cm³/mol. The molecule has 0 radical (unpaired) electrons. The number of H-pyrrole nitrogens is 1. The molecule has 1 heterocycles. The Morgan fingerprint density at radius 3 is 2.80 bits per heavy atom. The first-order valence-corrected chi connectivity index (χ1v) is 6.91. The molecular formula is C15H20N4O. The molecule has 1 aromatic heterocycles. The van der Waals surface area contributed by atoms with Gasteiger partial charge in [-0.1, -0.05) is 37.3 Å². The predicted octanol–water partition coefficient (Wildman–Crippen LogP) is 2.73. The maximum absolute atomic E-state index is 11.5. The third kappa shape index (κ3) is 4.42. The smallest absolute Gasteiger partial charge is 0.320 e. The monoisotopic (exact) mass is 272 g/mol. The molecule has 2 amide bonds. The molecule has 106 valence electrons. The first kappa shape index (κ1) is 14.1. The van der Waals surface area contributed by atoms with Crippen LogP contribution in [0.25, 0.3) is 0 Å². The highest BCUT2D eigenvalue weighted by molar-refractivity contribution is 5.88.